The smallest absolute Gasteiger partial charge is 0.269 e. The summed E-state index contributed by atoms with van der Waals surface area (Å²) in [6.45, 7) is 1.78. The van der Waals surface area contributed by atoms with Crippen molar-refractivity contribution in [2.24, 2.45) is 0 Å². The van der Waals surface area contributed by atoms with Crippen LogP contribution in [-0.4, -0.2) is 31.9 Å². The Kier molecular flexibility index (Phi) is 5.23. The number of carbonyl (C=O) groups is 1. The predicted octanol–water partition coefficient (Wildman–Crippen LogP) is 3.84. The Bertz CT molecular complexity index is 1160. The highest BCUT2D eigenvalue weighted by Crippen LogP contribution is 2.37. The van der Waals surface area contributed by atoms with Crippen LogP contribution in [0.4, 0.5) is 17.3 Å². The number of carbonyl (C=O) groups excluding carboxylic acids is 1. The molecule has 9 nitrogen and oxygen atoms in total. The zero-order valence-corrected chi connectivity index (χ0v) is 17.0. The van der Waals surface area contributed by atoms with Crippen LogP contribution >= 0.6 is 11.8 Å². The van der Waals surface area contributed by atoms with E-state index in [0.717, 1.165) is 0 Å². The van der Waals surface area contributed by atoms with E-state index in [1.54, 1.807) is 35.9 Å². The molecule has 3 aromatic rings. The molecule has 0 spiro atoms. The number of allylic oxidation sites excluding steroid dienone is 1. The summed E-state index contributed by atoms with van der Waals surface area (Å²) in [6, 6.07) is 14.7. The number of nitrogens with zero attached hydrogens (tertiary/aromatic N) is 4. The zero-order chi connectivity index (χ0) is 21.3. The molecule has 0 saturated carbocycles. The molecule has 1 amide bonds. The third-order valence-electron chi connectivity index (χ3n) is 4.69. The van der Waals surface area contributed by atoms with Gasteiger partial charge in [0.25, 0.3) is 11.6 Å². The van der Waals surface area contributed by atoms with Crippen molar-refractivity contribution in [3.05, 3.63) is 81.5 Å². The van der Waals surface area contributed by atoms with Gasteiger partial charge in [0.15, 0.2) is 0 Å². The number of thioether (sulfide) groups is 1. The van der Waals surface area contributed by atoms with Gasteiger partial charge in [-0.25, -0.2) is 4.68 Å². The third-order valence-corrected chi connectivity index (χ3v) is 5.23. The largest absolute Gasteiger partial charge is 0.328 e. The van der Waals surface area contributed by atoms with Crippen LogP contribution in [0.5, 0.6) is 0 Å². The molecule has 30 heavy (non-hydrogen) atoms. The average molecular weight is 422 g/mol. The molecule has 0 unspecified atom stereocenters. The van der Waals surface area contributed by atoms with Crippen molar-refractivity contribution in [2.75, 3.05) is 16.9 Å². The van der Waals surface area contributed by atoms with Crippen LogP contribution in [0.15, 0.2) is 71.0 Å². The van der Waals surface area contributed by atoms with E-state index in [1.807, 2.05) is 24.5 Å². The van der Waals surface area contributed by atoms with Crippen molar-refractivity contribution in [3.63, 3.8) is 0 Å². The van der Waals surface area contributed by atoms with E-state index < -0.39 is 11.0 Å². The number of hydrogen-bond donors (Lipinski definition) is 2. The van der Waals surface area contributed by atoms with Gasteiger partial charge in [0.05, 0.1) is 10.5 Å². The SMILES string of the molecule is CSc1nc2n(n1)[C@H](c1cccc([N+](=O)[O-])c1)C(C(=O)Nc1ccccc1)=C(C)N2. The molecule has 152 valence electrons. The number of anilines is 2. The number of benzene rings is 2. The van der Waals surface area contributed by atoms with Crippen LogP contribution in [0.2, 0.25) is 0 Å². The van der Waals surface area contributed by atoms with Crippen LogP contribution in [0.3, 0.4) is 0 Å². The van der Waals surface area contributed by atoms with Gasteiger partial charge in [-0.15, -0.1) is 5.10 Å². The molecule has 0 fully saturated rings. The minimum Gasteiger partial charge on any atom is -0.328 e. The van der Waals surface area contributed by atoms with Crippen LogP contribution in [0, 0.1) is 10.1 Å². The second kappa shape index (κ2) is 7.99. The number of fused-ring (bicyclic) bond motifs is 1. The molecule has 1 aliphatic heterocycles. The van der Waals surface area contributed by atoms with E-state index in [-0.39, 0.29) is 11.6 Å². The monoisotopic (exact) mass is 422 g/mol. The maximum atomic E-state index is 13.3. The van der Waals surface area contributed by atoms with E-state index in [4.69, 9.17) is 0 Å². The second-order valence-electron chi connectivity index (χ2n) is 6.61. The van der Waals surface area contributed by atoms with Crippen LogP contribution in [0.25, 0.3) is 0 Å². The van der Waals surface area contributed by atoms with Gasteiger partial charge >= 0.3 is 0 Å². The van der Waals surface area contributed by atoms with Gasteiger partial charge in [0.1, 0.15) is 6.04 Å². The van der Waals surface area contributed by atoms with Gasteiger partial charge in [-0.05, 0) is 30.9 Å². The summed E-state index contributed by atoms with van der Waals surface area (Å²) in [5.74, 6) is 0.152. The summed E-state index contributed by atoms with van der Waals surface area (Å²) in [6.07, 6.45) is 1.85. The number of aromatic nitrogens is 3. The number of hydrogen-bond acceptors (Lipinski definition) is 7. The Hall–Kier alpha value is -3.66. The summed E-state index contributed by atoms with van der Waals surface area (Å²) in [7, 11) is 0. The fraction of sp³-hybridized carbons (Fsp3) is 0.150. The van der Waals surface area contributed by atoms with Crippen LogP contribution in [-0.2, 0) is 4.79 Å². The molecule has 0 bridgehead atoms. The molecule has 1 aliphatic rings. The highest BCUT2D eigenvalue weighted by Gasteiger charge is 2.35. The van der Waals surface area contributed by atoms with E-state index >= 15 is 0 Å². The first kappa shape index (κ1) is 19.6. The maximum Gasteiger partial charge on any atom is 0.269 e. The average Bonchev–Trinajstić information content (AvgIpc) is 3.16. The summed E-state index contributed by atoms with van der Waals surface area (Å²) < 4.78 is 1.60. The number of non-ortho nitro benzene ring substituents is 1. The van der Waals surface area contributed by atoms with Crippen molar-refractivity contribution < 1.29 is 9.72 Å². The molecule has 0 aliphatic carbocycles. The predicted molar refractivity (Wildman–Crippen MR) is 114 cm³/mol. The molecular weight excluding hydrogens is 404 g/mol. The van der Waals surface area contributed by atoms with Gasteiger partial charge in [0.2, 0.25) is 11.1 Å². The maximum absolute atomic E-state index is 13.3. The third kappa shape index (κ3) is 3.64. The first-order valence-corrected chi connectivity index (χ1v) is 10.3. The second-order valence-corrected chi connectivity index (χ2v) is 7.38. The summed E-state index contributed by atoms with van der Waals surface area (Å²) >= 11 is 1.37. The number of para-hydroxylation sites is 1. The van der Waals surface area contributed by atoms with Gasteiger partial charge in [-0.3, -0.25) is 14.9 Å². The fourth-order valence-electron chi connectivity index (χ4n) is 3.35. The molecule has 0 radical (unpaired) electrons. The fourth-order valence-corrected chi connectivity index (χ4v) is 3.70. The highest BCUT2D eigenvalue weighted by molar-refractivity contribution is 7.98. The number of nitro groups is 1. The molecular formula is C20H18N6O3S. The summed E-state index contributed by atoms with van der Waals surface area (Å²) in [5.41, 5.74) is 2.17. The minimum atomic E-state index is -0.668. The van der Waals surface area contributed by atoms with E-state index in [1.165, 1.54) is 23.9 Å². The lowest BCUT2D eigenvalue weighted by molar-refractivity contribution is -0.384. The Labute approximate surface area is 176 Å². The van der Waals surface area contributed by atoms with Crippen molar-refractivity contribution >= 4 is 35.0 Å². The standard InChI is InChI=1S/C20H18N6O3S/c1-12-16(18(27)22-14-8-4-3-5-9-14)17(13-7-6-10-15(11-13)26(28)29)25-19(21-12)23-20(24-25)30-2/h3-11,17H,1-2H3,(H,22,27)(H,21,23,24)/t17-/m1/s1. The lowest BCUT2D eigenvalue weighted by Crippen LogP contribution is -2.31. The molecule has 2 N–H and O–H groups in total. The van der Waals surface area contributed by atoms with E-state index in [9.17, 15) is 14.9 Å². The Morgan fingerprint density at radius 3 is 2.70 bits per heavy atom. The van der Waals surface area contributed by atoms with Crippen LogP contribution < -0.4 is 10.6 Å². The first-order chi connectivity index (χ1) is 14.5. The molecule has 2 aromatic carbocycles. The lowest BCUT2D eigenvalue weighted by atomic mass is 9.94. The topological polar surface area (TPSA) is 115 Å². The summed E-state index contributed by atoms with van der Waals surface area (Å²) in [5, 5.41) is 22.4. The Morgan fingerprint density at radius 1 is 1.23 bits per heavy atom. The Balaban J connectivity index is 1.82. The number of amides is 1. The summed E-state index contributed by atoms with van der Waals surface area (Å²) in [4.78, 5) is 28.6. The zero-order valence-electron chi connectivity index (χ0n) is 16.2. The van der Waals surface area contributed by atoms with Gasteiger partial charge < -0.3 is 10.6 Å². The minimum absolute atomic E-state index is 0.0572. The molecule has 10 heteroatoms. The molecule has 2 heterocycles. The molecule has 1 aromatic heterocycles. The van der Waals surface area contributed by atoms with Crippen molar-refractivity contribution in [1.29, 1.82) is 0 Å². The molecule has 4 rings (SSSR count). The number of nitro benzene ring substituents is 1. The number of nitrogens with one attached hydrogen (secondary N) is 2. The van der Waals surface area contributed by atoms with Gasteiger partial charge in [-0.2, -0.15) is 4.98 Å². The normalized spacial score (nSPS) is 15.3. The lowest BCUT2D eigenvalue weighted by Gasteiger charge is -2.28. The molecule has 0 saturated heterocycles. The first-order valence-electron chi connectivity index (χ1n) is 9.07. The van der Waals surface area contributed by atoms with Crippen molar-refractivity contribution in [3.8, 4) is 0 Å². The van der Waals surface area contributed by atoms with Crippen molar-refractivity contribution in [2.45, 2.75) is 18.1 Å². The van der Waals surface area contributed by atoms with Crippen molar-refractivity contribution in [1.82, 2.24) is 14.8 Å². The van der Waals surface area contributed by atoms with E-state index in [0.29, 0.717) is 33.6 Å². The molecule has 1 atom stereocenters. The Morgan fingerprint density at radius 2 is 2.00 bits per heavy atom. The van der Waals surface area contributed by atoms with Gasteiger partial charge in [0, 0.05) is 23.5 Å². The highest BCUT2D eigenvalue weighted by atomic mass is 32.2. The number of rotatable bonds is 5. The van der Waals surface area contributed by atoms with Gasteiger partial charge in [-0.1, -0.05) is 42.1 Å². The van der Waals surface area contributed by atoms with E-state index in [2.05, 4.69) is 20.7 Å². The quantitative estimate of drug-likeness (QED) is 0.365. The van der Waals surface area contributed by atoms with Crippen LogP contribution in [0.1, 0.15) is 18.5 Å².